The van der Waals surface area contributed by atoms with Crippen LogP contribution in [0.1, 0.15) is 25.9 Å². The molecule has 0 spiro atoms. The largest absolute Gasteiger partial charge is 0.461 e. The standard InChI is InChI=1S/C20H18N4O2S/c21-18-8-7-16(19(22)24-18)20(25)23-11-15-6-5-14(27-15)10-13-9-12-3-1-2-4-17(12)26-13/h1-9H,10-11H2,(H,23,25)(H4,21,22,24). The van der Waals surface area contributed by atoms with Gasteiger partial charge in [-0.15, -0.1) is 11.3 Å². The van der Waals surface area contributed by atoms with Crippen LogP contribution < -0.4 is 16.8 Å². The summed E-state index contributed by atoms with van der Waals surface area (Å²) in [6, 6.07) is 17.2. The molecule has 0 saturated heterocycles. The number of carbonyl (C=O) groups excluding carboxylic acids is 1. The molecule has 0 radical (unpaired) electrons. The van der Waals surface area contributed by atoms with Crippen molar-refractivity contribution >= 4 is 39.8 Å². The zero-order valence-electron chi connectivity index (χ0n) is 14.4. The molecule has 0 fully saturated rings. The highest BCUT2D eigenvalue weighted by Gasteiger charge is 2.12. The minimum absolute atomic E-state index is 0.129. The van der Waals surface area contributed by atoms with Crippen molar-refractivity contribution in [1.29, 1.82) is 0 Å². The quantitative estimate of drug-likeness (QED) is 0.492. The lowest BCUT2D eigenvalue weighted by Crippen LogP contribution is -2.23. The molecule has 0 saturated carbocycles. The van der Waals surface area contributed by atoms with E-state index in [1.807, 2.05) is 30.3 Å². The number of nitrogens with zero attached hydrogens (tertiary/aromatic N) is 1. The second-order valence-corrected chi connectivity index (χ2v) is 7.40. The SMILES string of the molecule is Nc1ccc(C(=O)NCc2ccc(Cc3cc4ccccc4o3)s2)c(N)n1. The molecule has 4 rings (SSSR count). The van der Waals surface area contributed by atoms with E-state index in [1.54, 1.807) is 23.5 Å². The Bertz CT molecular complexity index is 1080. The Balaban J connectivity index is 1.39. The van der Waals surface area contributed by atoms with Gasteiger partial charge in [0.25, 0.3) is 5.91 Å². The first-order chi connectivity index (χ1) is 13.1. The summed E-state index contributed by atoms with van der Waals surface area (Å²) in [4.78, 5) is 18.4. The molecule has 3 heterocycles. The third-order valence-electron chi connectivity index (χ3n) is 4.16. The molecule has 0 aliphatic carbocycles. The number of pyridine rings is 1. The first kappa shape index (κ1) is 17.1. The molecule has 0 aliphatic rings. The molecule has 0 bridgehead atoms. The molecule has 0 unspecified atom stereocenters. The smallest absolute Gasteiger partial charge is 0.255 e. The number of furan rings is 1. The highest BCUT2D eigenvalue weighted by Crippen LogP contribution is 2.24. The highest BCUT2D eigenvalue weighted by molar-refractivity contribution is 7.12. The fourth-order valence-electron chi connectivity index (χ4n) is 2.85. The number of nitrogen functional groups attached to an aromatic ring is 2. The Kier molecular flexibility index (Phi) is 4.52. The highest BCUT2D eigenvalue weighted by atomic mass is 32.1. The van der Waals surface area contributed by atoms with Crippen molar-refractivity contribution in [2.24, 2.45) is 0 Å². The minimum atomic E-state index is -0.271. The maximum Gasteiger partial charge on any atom is 0.255 e. The van der Waals surface area contributed by atoms with Crippen molar-refractivity contribution < 1.29 is 9.21 Å². The van der Waals surface area contributed by atoms with Gasteiger partial charge in [0.15, 0.2) is 0 Å². The topological polar surface area (TPSA) is 107 Å². The molecule has 3 aromatic heterocycles. The van der Waals surface area contributed by atoms with Crippen LogP contribution in [-0.2, 0) is 13.0 Å². The summed E-state index contributed by atoms with van der Waals surface area (Å²) in [6.45, 7) is 0.424. The number of para-hydroxylation sites is 1. The molecule has 0 aliphatic heterocycles. The van der Waals surface area contributed by atoms with E-state index >= 15 is 0 Å². The number of nitrogens with one attached hydrogen (secondary N) is 1. The first-order valence-electron chi connectivity index (χ1n) is 8.44. The summed E-state index contributed by atoms with van der Waals surface area (Å²) in [7, 11) is 0. The summed E-state index contributed by atoms with van der Waals surface area (Å²) < 4.78 is 5.87. The van der Waals surface area contributed by atoms with Crippen LogP contribution in [0.25, 0.3) is 11.0 Å². The molecule has 0 atom stereocenters. The summed E-state index contributed by atoms with van der Waals surface area (Å²) in [5, 5.41) is 3.96. The van der Waals surface area contributed by atoms with E-state index in [0.717, 1.165) is 28.0 Å². The van der Waals surface area contributed by atoms with Gasteiger partial charge in [-0.1, -0.05) is 18.2 Å². The second-order valence-electron chi connectivity index (χ2n) is 6.15. The van der Waals surface area contributed by atoms with Crippen molar-refractivity contribution in [3.8, 4) is 0 Å². The van der Waals surface area contributed by atoms with Gasteiger partial charge in [-0.2, -0.15) is 0 Å². The van der Waals surface area contributed by atoms with E-state index in [4.69, 9.17) is 15.9 Å². The minimum Gasteiger partial charge on any atom is -0.461 e. The molecule has 4 aromatic rings. The lowest BCUT2D eigenvalue weighted by molar-refractivity contribution is 0.0952. The fourth-order valence-corrected chi connectivity index (χ4v) is 3.82. The first-order valence-corrected chi connectivity index (χ1v) is 9.25. The lowest BCUT2D eigenvalue weighted by atomic mass is 10.2. The summed E-state index contributed by atoms with van der Waals surface area (Å²) in [6.07, 6.45) is 0.724. The van der Waals surface area contributed by atoms with Gasteiger partial charge in [-0.3, -0.25) is 4.79 Å². The number of hydrogen-bond acceptors (Lipinski definition) is 6. The number of benzene rings is 1. The van der Waals surface area contributed by atoms with Crippen LogP contribution in [-0.4, -0.2) is 10.9 Å². The number of amides is 1. The summed E-state index contributed by atoms with van der Waals surface area (Å²) >= 11 is 1.64. The monoisotopic (exact) mass is 378 g/mol. The summed E-state index contributed by atoms with van der Waals surface area (Å²) in [5.41, 5.74) is 12.5. The van der Waals surface area contributed by atoms with E-state index in [9.17, 15) is 4.79 Å². The number of aromatic nitrogens is 1. The van der Waals surface area contributed by atoms with Gasteiger partial charge in [0, 0.05) is 21.6 Å². The van der Waals surface area contributed by atoms with E-state index in [2.05, 4.69) is 22.4 Å². The number of anilines is 2. The Morgan fingerprint density at radius 1 is 1.07 bits per heavy atom. The molecular formula is C20H18N4O2S. The van der Waals surface area contributed by atoms with Crippen molar-refractivity contribution in [2.75, 3.05) is 11.5 Å². The zero-order valence-corrected chi connectivity index (χ0v) is 15.3. The van der Waals surface area contributed by atoms with Crippen molar-refractivity contribution in [3.05, 3.63) is 75.7 Å². The van der Waals surface area contributed by atoms with Gasteiger partial charge in [0.05, 0.1) is 12.1 Å². The molecule has 27 heavy (non-hydrogen) atoms. The predicted molar refractivity (Wildman–Crippen MR) is 108 cm³/mol. The zero-order chi connectivity index (χ0) is 18.8. The number of thiophene rings is 1. The average Bonchev–Trinajstić information content (AvgIpc) is 3.26. The Morgan fingerprint density at radius 3 is 2.70 bits per heavy atom. The van der Waals surface area contributed by atoms with Crippen LogP contribution in [0.15, 0.2) is 59.0 Å². The molecule has 6 nitrogen and oxygen atoms in total. The van der Waals surface area contributed by atoms with E-state index in [1.165, 1.54) is 4.88 Å². The Morgan fingerprint density at radius 2 is 1.89 bits per heavy atom. The number of rotatable bonds is 5. The maximum absolute atomic E-state index is 12.3. The molecule has 1 aromatic carbocycles. The molecule has 136 valence electrons. The van der Waals surface area contributed by atoms with E-state index in [-0.39, 0.29) is 17.5 Å². The summed E-state index contributed by atoms with van der Waals surface area (Å²) in [5.74, 6) is 1.07. The van der Waals surface area contributed by atoms with E-state index < -0.39 is 0 Å². The van der Waals surface area contributed by atoms with Gasteiger partial charge in [0.1, 0.15) is 23.0 Å². The molecular weight excluding hydrogens is 360 g/mol. The van der Waals surface area contributed by atoms with Gasteiger partial charge in [-0.25, -0.2) is 4.98 Å². The predicted octanol–water partition coefficient (Wildman–Crippen LogP) is 3.57. The third kappa shape index (κ3) is 3.78. The van der Waals surface area contributed by atoms with Crippen LogP contribution in [0.2, 0.25) is 0 Å². The molecule has 5 N–H and O–H groups in total. The van der Waals surface area contributed by atoms with Crippen LogP contribution in [0.5, 0.6) is 0 Å². The lowest BCUT2D eigenvalue weighted by Gasteiger charge is -2.06. The normalized spacial score (nSPS) is 11.0. The van der Waals surface area contributed by atoms with E-state index in [0.29, 0.717) is 12.1 Å². The third-order valence-corrected chi connectivity index (χ3v) is 5.24. The van der Waals surface area contributed by atoms with Gasteiger partial charge in [0.2, 0.25) is 0 Å². The van der Waals surface area contributed by atoms with Crippen LogP contribution in [0, 0.1) is 0 Å². The van der Waals surface area contributed by atoms with Crippen LogP contribution in [0.4, 0.5) is 11.6 Å². The molecule has 1 amide bonds. The van der Waals surface area contributed by atoms with Gasteiger partial charge < -0.3 is 21.2 Å². The number of nitrogens with two attached hydrogens (primary N) is 2. The molecule has 7 heteroatoms. The Hall–Kier alpha value is -3.32. The van der Waals surface area contributed by atoms with Gasteiger partial charge in [-0.05, 0) is 36.4 Å². The number of fused-ring (bicyclic) bond motifs is 1. The van der Waals surface area contributed by atoms with Crippen molar-refractivity contribution in [2.45, 2.75) is 13.0 Å². The van der Waals surface area contributed by atoms with Crippen LogP contribution >= 0.6 is 11.3 Å². The van der Waals surface area contributed by atoms with Crippen LogP contribution in [0.3, 0.4) is 0 Å². The second kappa shape index (κ2) is 7.13. The Labute approximate surface area is 159 Å². The number of carbonyl (C=O) groups is 1. The number of hydrogen-bond donors (Lipinski definition) is 3. The van der Waals surface area contributed by atoms with Crippen molar-refractivity contribution in [1.82, 2.24) is 10.3 Å². The van der Waals surface area contributed by atoms with Gasteiger partial charge >= 0.3 is 0 Å². The fraction of sp³-hybridized carbons (Fsp3) is 0.100. The van der Waals surface area contributed by atoms with Crippen molar-refractivity contribution in [3.63, 3.8) is 0 Å². The average molecular weight is 378 g/mol. The maximum atomic E-state index is 12.3.